The van der Waals surface area contributed by atoms with Gasteiger partial charge in [0.1, 0.15) is 0 Å². The van der Waals surface area contributed by atoms with Crippen LogP contribution in [0.2, 0.25) is 0 Å². The number of aliphatic hydroxyl groups is 2. The van der Waals surface area contributed by atoms with Crippen LogP contribution in [0.1, 0.15) is 243 Å². The fourth-order valence-corrected chi connectivity index (χ4v) is 23.4. The molecule has 6 unspecified atom stereocenters. The molecular weight excluding hydrogens is 765 g/mol. The highest BCUT2D eigenvalue weighted by Crippen LogP contribution is 2.76. The minimum Gasteiger partial charge on any atom is -0.386 e. The molecule has 354 valence electrons. The van der Waals surface area contributed by atoms with Crippen molar-refractivity contribution in [3.05, 3.63) is 36.5 Å². The van der Waals surface area contributed by atoms with E-state index < -0.39 is 11.2 Å². The molecule has 2 nitrogen and oxygen atoms in total. The van der Waals surface area contributed by atoms with Crippen LogP contribution in [-0.4, -0.2) is 21.4 Å². The SMILES string of the molecule is C=C1C[C@@]23CCC4C(C)(C)CCC[C@@]4(C)C2CC[C@]1(C)C3.C=C1C[C@@]23CCC4C(C)(C)CCC[C@@]4(C)C2CC[C@]1(O)C3.C=C1C[C@@]23CCC4C(C)(C)CCC[C@@]4(C)C2CC[C@]1(O)C3. The summed E-state index contributed by atoms with van der Waals surface area (Å²) in [5.74, 6) is 5.36. The second-order valence-electron chi connectivity index (χ2n) is 30.2. The van der Waals surface area contributed by atoms with Crippen molar-refractivity contribution < 1.29 is 10.2 Å². The average molecular weight is 863 g/mol. The number of hydrogen-bond donors (Lipinski definition) is 2. The van der Waals surface area contributed by atoms with Gasteiger partial charge < -0.3 is 10.2 Å². The van der Waals surface area contributed by atoms with Gasteiger partial charge in [0, 0.05) is 0 Å². The fourth-order valence-electron chi connectivity index (χ4n) is 23.4. The second-order valence-corrected chi connectivity index (χ2v) is 30.2. The van der Waals surface area contributed by atoms with E-state index in [0.717, 1.165) is 85.2 Å². The van der Waals surface area contributed by atoms with E-state index in [4.69, 9.17) is 0 Å². The fraction of sp³-hybridized carbons (Fsp3) is 0.902. The zero-order chi connectivity index (χ0) is 45.3. The summed E-state index contributed by atoms with van der Waals surface area (Å²) in [5.41, 5.74) is 8.03. The predicted molar refractivity (Wildman–Crippen MR) is 264 cm³/mol. The normalized spacial score (nSPS) is 55.0. The van der Waals surface area contributed by atoms with Crippen molar-refractivity contribution in [2.24, 2.45) is 89.7 Å². The van der Waals surface area contributed by atoms with Gasteiger partial charge in [0.15, 0.2) is 0 Å². The Bertz CT molecular complexity index is 1690. The highest BCUT2D eigenvalue weighted by molar-refractivity contribution is 5.31. The standard InChI is InChI=1S/C21H34.2C20H32O/c1-15-13-21-12-8-16-18(2,3)9-6-10-20(16,5)17(21)7-11-19(15,4)14-21;2*1-14-12-19-10-6-15-17(2,3)8-5-9-18(15,4)16(19)7-11-20(14,21)13-19/h16-17H,1,6-14H2,2-5H3;2*15-16,21H,1,5-13H2,2-4H3/t16?,17?,19-,20-,21-;2*15?,16?,18-,19-,20+/m111/s1. The Morgan fingerprint density at radius 1 is 0.349 bits per heavy atom. The summed E-state index contributed by atoms with van der Waals surface area (Å²) >= 11 is 0. The first-order valence-electron chi connectivity index (χ1n) is 27.7. The molecule has 12 rings (SSSR count). The first-order valence-corrected chi connectivity index (χ1v) is 27.7. The van der Waals surface area contributed by atoms with Crippen molar-refractivity contribution >= 4 is 0 Å². The number of allylic oxidation sites excluding steroid dienone is 1. The number of hydrogen-bond acceptors (Lipinski definition) is 2. The Kier molecular flexibility index (Phi) is 10.3. The van der Waals surface area contributed by atoms with Gasteiger partial charge in [-0.05, 0) is 255 Å². The van der Waals surface area contributed by atoms with E-state index in [0.29, 0.717) is 54.1 Å². The van der Waals surface area contributed by atoms with Gasteiger partial charge in [-0.25, -0.2) is 0 Å². The predicted octanol–water partition coefficient (Wildman–Crippen LogP) is 16.5. The van der Waals surface area contributed by atoms with Crippen LogP contribution in [0.5, 0.6) is 0 Å². The monoisotopic (exact) mass is 863 g/mol. The molecule has 2 heteroatoms. The van der Waals surface area contributed by atoms with E-state index in [-0.39, 0.29) is 0 Å². The first kappa shape index (κ1) is 45.9. The molecule has 12 saturated carbocycles. The molecule has 12 fully saturated rings. The van der Waals surface area contributed by atoms with Gasteiger partial charge in [0.25, 0.3) is 0 Å². The summed E-state index contributed by atoms with van der Waals surface area (Å²) in [4.78, 5) is 0. The van der Waals surface area contributed by atoms with Gasteiger partial charge in [-0.2, -0.15) is 0 Å². The van der Waals surface area contributed by atoms with Crippen LogP contribution in [0.25, 0.3) is 0 Å². The molecule has 0 aliphatic heterocycles. The molecule has 0 aromatic rings. The molecule has 3 spiro atoms. The molecule has 12 aliphatic rings. The highest BCUT2D eigenvalue weighted by atomic mass is 16.3. The zero-order valence-corrected chi connectivity index (χ0v) is 43.1. The van der Waals surface area contributed by atoms with E-state index in [1.165, 1.54) is 135 Å². The topological polar surface area (TPSA) is 40.5 Å². The summed E-state index contributed by atoms with van der Waals surface area (Å²) < 4.78 is 0. The molecule has 0 aromatic carbocycles. The second kappa shape index (κ2) is 14.1. The highest BCUT2D eigenvalue weighted by Gasteiger charge is 2.69. The maximum absolute atomic E-state index is 10.9. The quantitative estimate of drug-likeness (QED) is 0.238. The summed E-state index contributed by atoms with van der Waals surface area (Å²) in [6.45, 7) is 38.6. The van der Waals surface area contributed by atoms with E-state index in [9.17, 15) is 10.2 Å². The summed E-state index contributed by atoms with van der Waals surface area (Å²) in [6, 6.07) is 0. The van der Waals surface area contributed by atoms with Crippen molar-refractivity contribution in [2.45, 2.75) is 254 Å². The lowest BCUT2D eigenvalue weighted by atomic mass is 9.40. The van der Waals surface area contributed by atoms with E-state index in [2.05, 4.69) is 89.0 Å². The molecule has 15 atom stereocenters. The van der Waals surface area contributed by atoms with Crippen LogP contribution in [0.15, 0.2) is 36.5 Å². The molecule has 6 bridgehead atoms. The lowest BCUT2D eigenvalue weighted by Gasteiger charge is -2.64. The molecule has 0 aromatic heterocycles. The Hall–Kier alpha value is -0.860. The van der Waals surface area contributed by atoms with Crippen molar-refractivity contribution in [1.82, 2.24) is 0 Å². The lowest BCUT2D eigenvalue weighted by Crippen LogP contribution is -2.57. The van der Waals surface area contributed by atoms with Gasteiger partial charge in [-0.3, -0.25) is 0 Å². The lowest BCUT2D eigenvalue weighted by molar-refractivity contribution is -0.159. The van der Waals surface area contributed by atoms with Gasteiger partial charge in [-0.15, -0.1) is 0 Å². The average Bonchev–Trinajstić information content (AvgIpc) is 3.56. The van der Waals surface area contributed by atoms with Crippen molar-refractivity contribution in [3.8, 4) is 0 Å². The Morgan fingerprint density at radius 2 is 0.651 bits per heavy atom. The van der Waals surface area contributed by atoms with Crippen LogP contribution in [0.4, 0.5) is 0 Å². The largest absolute Gasteiger partial charge is 0.386 e. The van der Waals surface area contributed by atoms with E-state index >= 15 is 0 Å². The smallest absolute Gasteiger partial charge is 0.0860 e. The van der Waals surface area contributed by atoms with Crippen molar-refractivity contribution in [2.75, 3.05) is 0 Å². The van der Waals surface area contributed by atoms with Crippen LogP contribution >= 0.6 is 0 Å². The summed E-state index contributed by atoms with van der Waals surface area (Å²) in [7, 11) is 0. The summed E-state index contributed by atoms with van der Waals surface area (Å²) in [6.07, 6.45) is 35.7. The van der Waals surface area contributed by atoms with Gasteiger partial charge in [0.05, 0.1) is 11.2 Å². The maximum Gasteiger partial charge on any atom is 0.0860 e. The molecule has 0 heterocycles. The van der Waals surface area contributed by atoms with E-state index in [1.807, 2.05) is 0 Å². The third kappa shape index (κ3) is 6.45. The van der Waals surface area contributed by atoms with Crippen LogP contribution in [0.3, 0.4) is 0 Å². The third-order valence-corrected chi connectivity index (χ3v) is 25.8. The molecular formula is C61H98O2. The molecule has 2 N–H and O–H groups in total. The Labute approximate surface area is 388 Å². The van der Waals surface area contributed by atoms with Crippen molar-refractivity contribution in [3.63, 3.8) is 0 Å². The first-order chi connectivity index (χ1) is 29.2. The van der Waals surface area contributed by atoms with Crippen molar-refractivity contribution in [1.29, 1.82) is 0 Å². The molecule has 0 radical (unpaired) electrons. The van der Waals surface area contributed by atoms with Crippen LogP contribution in [0, 0.1) is 89.7 Å². The molecule has 63 heavy (non-hydrogen) atoms. The summed E-state index contributed by atoms with van der Waals surface area (Å²) in [5, 5.41) is 21.8. The van der Waals surface area contributed by atoms with Crippen LogP contribution in [-0.2, 0) is 0 Å². The van der Waals surface area contributed by atoms with Gasteiger partial charge in [0.2, 0.25) is 0 Å². The maximum atomic E-state index is 10.9. The minimum atomic E-state index is -0.510. The Morgan fingerprint density at radius 3 is 1.02 bits per heavy atom. The minimum absolute atomic E-state index is 0.392. The van der Waals surface area contributed by atoms with Gasteiger partial charge >= 0.3 is 0 Å². The number of fused-ring (bicyclic) bond motifs is 9. The van der Waals surface area contributed by atoms with E-state index in [1.54, 1.807) is 5.57 Å². The molecule has 0 amide bonds. The van der Waals surface area contributed by atoms with Crippen LogP contribution < -0.4 is 0 Å². The van der Waals surface area contributed by atoms with Gasteiger partial charge in [-0.1, -0.05) is 114 Å². The Balaban J connectivity index is 0.000000112. The third-order valence-electron chi connectivity index (χ3n) is 25.8. The zero-order valence-electron chi connectivity index (χ0n) is 43.1. The number of rotatable bonds is 0. The molecule has 12 aliphatic carbocycles. The molecule has 0 saturated heterocycles.